The largest absolute Gasteiger partial charge is 0.485 e. The van der Waals surface area contributed by atoms with E-state index in [0.717, 1.165) is 16.3 Å². The number of nitrogens with one attached hydrogen (secondary N) is 1. The molecule has 5 aromatic rings. The molecule has 0 saturated carbocycles. The maximum absolute atomic E-state index is 13.1. The molecule has 1 N–H and O–H groups in total. The molecular formula is C23H17N5O2S2. The zero-order valence-corrected chi connectivity index (χ0v) is 18.3. The number of ether oxygens (including phenoxy) is 1. The Labute approximate surface area is 192 Å². The van der Waals surface area contributed by atoms with Gasteiger partial charge in [0, 0.05) is 5.38 Å². The van der Waals surface area contributed by atoms with Gasteiger partial charge in [-0.25, -0.2) is 14.6 Å². The van der Waals surface area contributed by atoms with Gasteiger partial charge < -0.3 is 10.1 Å². The van der Waals surface area contributed by atoms with Gasteiger partial charge in [0.1, 0.15) is 12.4 Å². The third kappa shape index (κ3) is 4.29. The normalized spacial score (nSPS) is 10.8. The smallest absolute Gasteiger partial charge is 0.295 e. The molecule has 3 aromatic heterocycles. The van der Waals surface area contributed by atoms with Gasteiger partial charge in [-0.1, -0.05) is 36.4 Å². The van der Waals surface area contributed by atoms with E-state index in [9.17, 15) is 4.79 Å². The lowest BCUT2D eigenvalue weighted by Crippen LogP contribution is -2.15. The summed E-state index contributed by atoms with van der Waals surface area (Å²) in [5.74, 6) is 0.827. The molecule has 0 aliphatic heterocycles. The van der Waals surface area contributed by atoms with Gasteiger partial charge in [0.25, 0.3) is 5.91 Å². The van der Waals surface area contributed by atoms with Gasteiger partial charge in [0.2, 0.25) is 5.82 Å². The standard InChI is InChI=1S/C23H17N5O2S2/c29-23(25-18-9-4-5-10-19(18)30-13-16-14-31-15-24-16)21-26-22(20-11-6-12-32-20)28(27-21)17-7-2-1-3-8-17/h1-12,14-15H,13H2,(H,25,29). The van der Waals surface area contributed by atoms with Gasteiger partial charge in [0.05, 0.1) is 27.5 Å². The number of thiophene rings is 1. The van der Waals surface area contributed by atoms with Crippen LogP contribution in [0.4, 0.5) is 5.69 Å². The molecule has 0 aliphatic carbocycles. The van der Waals surface area contributed by atoms with Crippen LogP contribution in [0.25, 0.3) is 16.4 Å². The maximum atomic E-state index is 13.1. The number of carbonyl (C=O) groups is 1. The van der Waals surface area contributed by atoms with E-state index < -0.39 is 5.91 Å². The number of benzene rings is 2. The van der Waals surface area contributed by atoms with E-state index in [1.54, 1.807) is 33.7 Å². The predicted octanol–water partition coefficient (Wildman–Crippen LogP) is 5.28. The summed E-state index contributed by atoms with van der Waals surface area (Å²) in [5, 5.41) is 11.3. The maximum Gasteiger partial charge on any atom is 0.295 e. The molecular weight excluding hydrogens is 442 g/mol. The Morgan fingerprint density at radius 2 is 1.88 bits per heavy atom. The van der Waals surface area contributed by atoms with E-state index in [2.05, 4.69) is 20.4 Å². The summed E-state index contributed by atoms with van der Waals surface area (Å²) in [6, 6.07) is 20.8. The van der Waals surface area contributed by atoms with Crippen LogP contribution >= 0.6 is 22.7 Å². The second-order valence-electron chi connectivity index (χ2n) is 6.70. The van der Waals surface area contributed by atoms with Crippen molar-refractivity contribution in [2.24, 2.45) is 0 Å². The molecule has 9 heteroatoms. The molecule has 0 aliphatic rings. The van der Waals surface area contributed by atoms with E-state index >= 15 is 0 Å². The van der Waals surface area contributed by atoms with Gasteiger partial charge in [-0.2, -0.15) is 0 Å². The highest BCUT2D eigenvalue weighted by Gasteiger charge is 2.20. The van der Waals surface area contributed by atoms with Gasteiger partial charge >= 0.3 is 0 Å². The van der Waals surface area contributed by atoms with Gasteiger partial charge in [0.15, 0.2) is 5.82 Å². The third-order valence-electron chi connectivity index (χ3n) is 4.55. The van der Waals surface area contributed by atoms with Crippen LogP contribution in [-0.4, -0.2) is 25.7 Å². The molecule has 158 valence electrons. The Morgan fingerprint density at radius 3 is 2.66 bits per heavy atom. The lowest BCUT2D eigenvalue weighted by atomic mass is 10.3. The molecule has 0 spiro atoms. The van der Waals surface area contributed by atoms with Crippen molar-refractivity contribution in [3.05, 3.63) is 94.5 Å². The fourth-order valence-corrected chi connectivity index (χ4v) is 4.30. The first-order valence-corrected chi connectivity index (χ1v) is 11.6. The van der Waals surface area contributed by atoms with Crippen LogP contribution in [0.15, 0.2) is 83.0 Å². The monoisotopic (exact) mass is 459 g/mol. The van der Waals surface area contributed by atoms with Crippen LogP contribution in [0.3, 0.4) is 0 Å². The molecule has 0 atom stereocenters. The van der Waals surface area contributed by atoms with E-state index in [1.807, 2.05) is 65.4 Å². The number of para-hydroxylation sites is 3. The van der Waals surface area contributed by atoms with Crippen molar-refractivity contribution in [3.8, 4) is 22.1 Å². The molecule has 0 saturated heterocycles. The molecule has 32 heavy (non-hydrogen) atoms. The van der Waals surface area contributed by atoms with E-state index in [0.29, 0.717) is 23.9 Å². The number of hydrogen-bond acceptors (Lipinski definition) is 7. The number of nitrogens with zero attached hydrogens (tertiary/aromatic N) is 4. The Kier molecular flexibility index (Phi) is 5.73. The fraction of sp³-hybridized carbons (Fsp3) is 0.0435. The summed E-state index contributed by atoms with van der Waals surface area (Å²) in [4.78, 5) is 22.7. The Morgan fingerprint density at radius 1 is 1.03 bits per heavy atom. The molecule has 1 amide bonds. The molecule has 0 unspecified atom stereocenters. The van der Waals surface area contributed by atoms with Gasteiger partial charge in [-0.3, -0.25) is 4.79 Å². The molecule has 5 rings (SSSR count). The minimum atomic E-state index is -0.415. The van der Waals surface area contributed by atoms with Crippen LogP contribution < -0.4 is 10.1 Å². The number of aromatic nitrogens is 4. The van der Waals surface area contributed by atoms with E-state index in [1.165, 1.54) is 11.3 Å². The van der Waals surface area contributed by atoms with Gasteiger partial charge in [-0.05, 0) is 35.7 Å². The van der Waals surface area contributed by atoms with Gasteiger partial charge in [-0.15, -0.1) is 27.8 Å². The van der Waals surface area contributed by atoms with Crippen LogP contribution in [0.5, 0.6) is 5.75 Å². The zero-order chi connectivity index (χ0) is 21.8. The highest BCUT2D eigenvalue weighted by Crippen LogP contribution is 2.27. The number of carbonyl (C=O) groups excluding carboxylic acids is 1. The summed E-state index contributed by atoms with van der Waals surface area (Å²) < 4.78 is 7.55. The minimum absolute atomic E-state index is 0.0755. The number of hydrogen-bond donors (Lipinski definition) is 1. The average molecular weight is 460 g/mol. The van der Waals surface area contributed by atoms with Crippen molar-refractivity contribution in [1.82, 2.24) is 19.7 Å². The quantitative estimate of drug-likeness (QED) is 0.358. The number of anilines is 1. The molecule has 2 aromatic carbocycles. The zero-order valence-electron chi connectivity index (χ0n) is 16.7. The summed E-state index contributed by atoms with van der Waals surface area (Å²) in [5.41, 5.74) is 3.96. The van der Waals surface area contributed by atoms with Crippen molar-refractivity contribution in [2.45, 2.75) is 6.61 Å². The van der Waals surface area contributed by atoms with Crippen molar-refractivity contribution in [1.29, 1.82) is 0 Å². The third-order valence-corrected chi connectivity index (χ3v) is 6.05. The summed E-state index contributed by atoms with van der Waals surface area (Å²) in [6.45, 7) is 0.319. The molecule has 0 radical (unpaired) electrons. The number of rotatable bonds is 7. The van der Waals surface area contributed by atoms with Crippen molar-refractivity contribution >= 4 is 34.3 Å². The summed E-state index contributed by atoms with van der Waals surface area (Å²) >= 11 is 3.05. The van der Waals surface area contributed by atoms with Crippen LogP contribution in [0, 0.1) is 0 Å². The lowest BCUT2D eigenvalue weighted by molar-refractivity contribution is 0.101. The Bertz CT molecular complexity index is 1320. The summed E-state index contributed by atoms with van der Waals surface area (Å²) in [6.07, 6.45) is 0. The van der Waals surface area contributed by atoms with Crippen molar-refractivity contribution in [3.63, 3.8) is 0 Å². The van der Waals surface area contributed by atoms with E-state index in [4.69, 9.17) is 4.74 Å². The van der Waals surface area contributed by atoms with E-state index in [-0.39, 0.29) is 5.82 Å². The molecule has 0 bridgehead atoms. The highest BCUT2D eigenvalue weighted by atomic mass is 32.1. The fourth-order valence-electron chi connectivity index (χ4n) is 3.06. The first-order valence-electron chi connectivity index (χ1n) is 9.74. The first kappa shape index (κ1) is 20.1. The van der Waals surface area contributed by atoms with Crippen LogP contribution in [-0.2, 0) is 6.61 Å². The first-order chi connectivity index (χ1) is 15.8. The Balaban J connectivity index is 1.42. The summed E-state index contributed by atoms with van der Waals surface area (Å²) in [7, 11) is 0. The van der Waals surface area contributed by atoms with Crippen LogP contribution in [0.1, 0.15) is 16.3 Å². The second-order valence-corrected chi connectivity index (χ2v) is 8.37. The Hall–Kier alpha value is -3.82. The molecule has 7 nitrogen and oxygen atoms in total. The lowest BCUT2D eigenvalue weighted by Gasteiger charge is -2.10. The van der Waals surface area contributed by atoms with Crippen molar-refractivity contribution < 1.29 is 9.53 Å². The number of thiazole rings is 1. The number of amides is 1. The topological polar surface area (TPSA) is 81.9 Å². The second kappa shape index (κ2) is 9.13. The molecule has 0 fully saturated rings. The van der Waals surface area contributed by atoms with Crippen molar-refractivity contribution in [2.75, 3.05) is 5.32 Å². The average Bonchev–Trinajstić information content (AvgIpc) is 3.61. The SMILES string of the molecule is O=C(Nc1ccccc1OCc1cscn1)c1nc(-c2cccs2)n(-c2ccccc2)n1. The molecule has 3 heterocycles. The predicted molar refractivity (Wildman–Crippen MR) is 126 cm³/mol. The minimum Gasteiger partial charge on any atom is -0.485 e. The highest BCUT2D eigenvalue weighted by molar-refractivity contribution is 7.13. The van der Waals surface area contributed by atoms with Crippen LogP contribution in [0.2, 0.25) is 0 Å².